The molecule has 1 aromatic rings. The number of Topliss-reactive ketones (excluding diaryl/α,β-unsaturated/α-hetero) is 1. The fraction of sp³-hybridized carbons (Fsp3) is 0.308. The monoisotopic (exact) mass is 247 g/mol. The third-order valence-corrected chi connectivity index (χ3v) is 2.98. The molecule has 0 heterocycles. The Labute approximate surface area is 104 Å². The van der Waals surface area contributed by atoms with E-state index >= 15 is 0 Å². The number of allylic oxidation sites excluding steroid dienone is 1. The van der Waals surface area contributed by atoms with Gasteiger partial charge in [-0.25, -0.2) is 0 Å². The van der Waals surface area contributed by atoms with Crippen molar-refractivity contribution in [2.24, 2.45) is 5.92 Å². The number of benzene rings is 1. The number of ketones is 1. The predicted molar refractivity (Wildman–Crippen MR) is 64.7 cm³/mol. The highest BCUT2D eigenvalue weighted by Gasteiger charge is 2.28. The van der Waals surface area contributed by atoms with Crippen LogP contribution in [0.5, 0.6) is 0 Å². The zero-order valence-electron chi connectivity index (χ0n) is 9.74. The van der Waals surface area contributed by atoms with E-state index in [0.717, 1.165) is 17.5 Å². The summed E-state index contributed by atoms with van der Waals surface area (Å²) in [7, 11) is 0. The van der Waals surface area contributed by atoms with Gasteiger partial charge in [-0.3, -0.25) is 4.79 Å². The van der Waals surface area contributed by atoms with Crippen molar-refractivity contribution in [1.82, 2.24) is 0 Å². The maximum absolute atomic E-state index is 12.0. The van der Waals surface area contributed by atoms with Crippen molar-refractivity contribution < 1.29 is 14.7 Å². The minimum absolute atomic E-state index is 0.0470. The van der Waals surface area contributed by atoms with Gasteiger partial charge < -0.3 is 4.84 Å². The Morgan fingerprint density at radius 1 is 1.39 bits per heavy atom. The summed E-state index contributed by atoms with van der Waals surface area (Å²) >= 11 is 0. The number of hydrogen-bond acceptors (Lipinski definition) is 4. The van der Waals surface area contributed by atoms with Gasteiger partial charge in [0.05, 0.1) is 0 Å². The van der Waals surface area contributed by atoms with Gasteiger partial charge in [-0.15, -0.1) is 10.1 Å². The summed E-state index contributed by atoms with van der Waals surface area (Å²) in [6.07, 6.45) is 4.67. The number of nitrogens with zero attached hydrogens (tertiary/aromatic N) is 1. The molecule has 0 radical (unpaired) electrons. The van der Waals surface area contributed by atoms with Gasteiger partial charge >= 0.3 is 0 Å². The van der Waals surface area contributed by atoms with E-state index in [2.05, 4.69) is 4.84 Å². The van der Waals surface area contributed by atoms with Gasteiger partial charge in [0.25, 0.3) is 5.09 Å². The zero-order chi connectivity index (χ0) is 13.0. The third-order valence-electron chi connectivity index (χ3n) is 2.98. The van der Waals surface area contributed by atoms with Crippen LogP contribution in [0.4, 0.5) is 0 Å². The number of fused-ring (bicyclic) bond motifs is 1. The molecule has 18 heavy (non-hydrogen) atoms. The molecule has 1 aromatic carbocycles. The predicted octanol–water partition coefficient (Wildman–Crippen LogP) is 2.20. The van der Waals surface area contributed by atoms with Crippen LogP contribution in [0, 0.1) is 16.0 Å². The standard InChI is InChI=1S/C13H13NO4/c15-13-11(6-3-4-8-18-14(16)17)9-10-5-1-2-7-12(10)13/h1-5,7,11H,6,8-9H2/b4-3+. The highest BCUT2D eigenvalue weighted by molar-refractivity contribution is 6.02. The lowest BCUT2D eigenvalue weighted by Crippen LogP contribution is -2.07. The second-order valence-corrected chi connectivity index (χ2v) is 4.15. The van der Waals surface area contributed by atoms with Crippen LogP contribution in [0.2, 0.25) is 0 Å². The summed E-state index contributed by atoms with van der Waals surface area (Å²) in [5, 5.41) is 9.08. The van der Waals surface area contributed by atoms with Crippen LogP contribution in [0.15, 0.2) is 36.4 Å². The molecule has 1 aliphatic rings. The first-order valence-corrected chi connectivity index (χ1v) is 5.73. The SMILES string of the molecule is O=C1c2ccccc2CC1C/C=C/CO[N+](=O)[O-]. The largest absolute Gasteiger partial charge is 0.310 e. The molecule has 0 aliphatic heterocycles. The van der Waals surface area contributed by atoms with E-state index in [1.54, 1.807) is 12.2 Å². The minimum atomic E-state index is -0.832. The van der Waals surface area contributed by atoms with Crippen LogP contribution in [-0.2, 0) is 11.3 Å². The highest BCUT2D eigenvalue weighted by atomic mass is 16.9. The molecule has 0 spiro atoms. The van der Waals surface area contributed by atoms with Crippen LogP contribution in [0.1, 0.15) is 22.3 Å². The average Bonchev–Trinajstić information content (AvgIpc) is 2.66. The molecule has 1 aliphatic carbocycles. The molecular formula is C13H13NO4. The molecule has 2 rings (SSSR count). The molecule has 0 bridgehead atoms. The number of carbonyl (C=O) groups excluding carboxylic acids is 1. The molecule has 0 aromatic heterocycles. The van der Waals surface area contributed by atoms with Gasteiger partial charge in [0.1, 0.15) is 6.61 Å². The van der Waals surface area contributed by atoms with E-state index in [-0.39, 0.29) is 18.3 Å². The molecule has 5 nitrogen and oxygen atoms in total. The fourth-order valence-electron chi connectivity index (χ4n) is 2.14. The molecule has 0 saturated heterocycles. The first-order valence-electron chi connectivity index (χ1n) is 5.73. The Bertz CT molecular complexity index is 496. The van der Waals surface area contributed by atoms with E-state index in [1.807, 2.05) is 24.3 Å². The summed E-state index contributed by atoms with van der Waals surface area (Å²) in [5.41, 5.74) is 1.89. The molecule has 1 atom stereocenters. The summed E-state index contributed by atoms with van der Waals surface area (Å²) in [5.74, 6) is 0.111. The van der Waals surface area contributed by atoms with Crippen LogP contribution in [0.3, 0.4) is 0 Å². The second kappa shape index (κ2) is 5.44. The van der Waals surface area contributed by atoms with E-state index in [1.165, 1.54) is 0 Å². The molecular weight excluding hydrogens is 234 g/mol. The van der Waals surface area contributed by atoms with Gasteiger partial charge in [0, 0.05) is 11.5 Å². The van der Waals surface area contributed by atoms with Crippen molar-refractivity contribution in [3.63, 3.8) is 0 Å². The number of carbonyl (C=O) groups is 1. The first kappa shape index (κ1) is 12.3. The second-order valence-electron chi connectivity index (χ2n) is 4.15. The van der Waals surface area contributed by atoms with Gasteiger partial charge in [-0.05, 0) is 18.4 Å². The van der Waals surface area contributed by atoms with Crippen LogP contribution in [-0.4, -0.2) is 17.5 Å². The minimum Gasteiger partial charge on any atom is -0.310 e. The number of hydrogen-bond donors (Lipinski definition) is 0. The molecule has 0 amide bonds. The lowest BCUT2D eigenvalue weighted by Gasteiger charge is -2.02. The van der Waals surface area contributed by atoms with Crippen molar-refractivity contribution in [3.05, 3.63) is 57.7 Å². The van der Waals surface area contributed by atoms with Crippen molar-refractivity contribution >= 4 is 5.78 Å². The van der Waals surface area contributed by atoms with Gasteiger partial charge in [-0.1, -0.05) is 36.4 Å². The lowest BCUT2D eigenvalue weighted by atomic mass is 10.0. The molecule has 5 heteroatoms. The highest BCUT2D eigenvalue weighted by Crippen LogP contribution is 2.28. The summed E-state index contributed by atoms with van der Waals surface area (Å²) < 4.78 is 0. The van der Waals surface area contributed by atoms with Crippen LogP contribution in [0.25, 0.3) is 0 Å². The van der Waals surface area contributed by atoms with E-state index in [4.69, 9.17) is 0 Å². The Hall–Kier alpha value is -2.17. The molecule has 0 N–H and O–H groups in total. The van der Waals surface area contributed by atoms with Crippen molar-refractivity contribution in [2.75, 3.05) is 6.61 Å². The Morgan fingerprint density at radius 3 is 2.89 bits per heavy atom. The zero-order valence-corrected chi connectivity index (χ0v) is 9.74. The van der Waals surface area contributed by atoms with Crippen molar-refractivity contribution in [2.45, 2.75) is 12.8 Å². The first-order chi connectivity index (χ1) is 8.68. The Balaban J connectivity index is 1.87. The molecule has 0 saturated carbocycles. The van der Waals surface area contributed by atoms with Gasteiger partial charge in [0.15, 0.2) is 5.78 Å². The quantitative estimate of drug-likeness (QED) is 0.454. The Morgan fingerprint density at radius 2 is 2.17 bits per heavy atom. The fourth-order valence-corrected chi connectivity index (χ4v) is 2.14. The summed E-state index contributed by atoms with van der Waals surface area (Å²) in [6, 6.07) is 7.60. The lowest BCUT2D eigenvalue weighted by molar-refractivity contribution is -0.755. The topological polar surface area (TPSA) is 69.4 Å². The summed E-state index contributed by atoms with van der Waals surface area (Å²) in [6.45, 7) is -0.0686. The van der Waals surface area contributed by atoms with E-state index in [9.17, 15) is 14.9 Å². The number of rotatable bonds is 5. The maximum atomic E-state index is 12.0. The van der Waals surface area contributed by atoms with Crippen LogP contribution < -0.4 is 0 Å². The van der Waals surface area contributed by atoms with Gasteiger partial charge in [-0.2, -0.15) is 0 Å². The Kier molecular flexibility index (Phi) is 3.72. The molecule has 0 fully saturated rings. The average molecular weight is 247 g/mol. The normalized spacial score (nSPS) is 18.0. The smallest absolute Gasteiger partial charge is 0.294 e. The van der Waals surface area contributed by atoms with Crippen LogP contribution >= 0.6 is 0 Å². The van der Waals surface area contributed by atoms with E-state index in [0.29, 0.717) is 6.42 Å². The van der Waals surface area contributed by atoms with E-state index < -0.39 is 5.09 Å². The summed E-state index contributed by atoms with van der Waals surface area (Å²) in [4.78, 5) is 26.1. The molecule has 94 valence electrons. The maximum Gasteiger partial charge on any atom is 0.294 e. The third kappa shape index (κ3) is 2.74. The van der Waals surface area contributed by atoms with Crippen molar-refractivity contribution in [1.29, 1.82) is 0 Å². The molecule has 1 unspecified atom stereocenters. The van der Waals surface area contributed by atoms with Gasteiger partial charge in [0.2, 0.25) is 0 Å². The van der Waals surface area contributed by atoms with Crippen molar-refractivity contribution in [3.8, 4) is 0 Å².